The third kappa shape index (κ3) is 3.97. The largest absolute Gasteiger partial charge is 0.350 e. The third-order valence-corrected chi connectivity index (χ3v) is 3.98. The van der Waals surface area contributed by atoms with Crippen LogP contribution in [0, 0.1) is 12.7 Å². The molecule has 134 valence electrons. The van der Waals surface area contributed by atoms with Crippen LogP contribution in [-0.4, -0.2) is 25.2 Å². The molecule has 1 aromatic carbocycles. The van der Waals surface area contributed by atoms with Gasteiger partial charge < -0.3 is 5.32 Å². The van der Waals surface area contributed by atoms with Gasteiger partial charge in [-0.25, -0.2) is 18.4 Å². The van der Waals surface area contributed by atoms with E-state index in [9.17, 15) is 14.0 Å². The van der Waals surface area contributed by atoms with Crippen molar-refractivity contribution in [3.05, 3.63) is 75.4 Å². The van der Waals surface area contributed by atoms with E-state index in [1.54, 1.807) is 24.4 Å². The fourth-order valence-electron chi connectivity index (χ4n) is 2.27. The molecule has 0 fully saturated rings. The van der Waals surface area contributed by atoms with Crippen LogP contribution in [-0.2, 0) is 17.9 Å². The predicted octanol–water partition coefficient (Wildman–Crippen LogP) is 1.85. The van der Waals surface area contributed by atoms with Crippen molar-refractivity contribution in [2.75, 3.05) is 0 Å². The number of hydrogen-bond donors (Lipinski definition) is 1. The summed E-state index contributed by atoms with van der Waals surface area (Å²) in [5.41, 5.74) is 1.49. The molecule has 2 aromatic heterocycles. The molecule has 2 heterocycles. The van der Waals surface area contributed by atoms with E-state index in [1.807, 2.05) is 6.92 Å². The first kappa shape index (κ1) is 17.8. The molecule has 0 saturated carbocycles. The highest BCUT2D eigenvalue weighted by Gasteiger charge is 2.11. The molecule has 0 unspecified atom stereocenters. The molecule has 1 N–H and O–H groups in total. The van der Waals surface area contributed by atoms with Gasteiger partial charge in [-0.2, -0.15) is 5.10 Å². The van der Waals surface area contributed by atoms with Gasteiger partial charge in [-0.1, -0.05) is 17.7 Å². The Morgan fingerprint density at radius 3 is 2.81 bits per heavy atom. The quantitative estimate of drug-likeness (QED) is 0.737. The molecule has 1 amide bonds. The Labute approximate surface area is 153 Å². The number of amides is 1. The van der Waals surface area contributed by atoms with Gasteiger partial charge >= 0.3 is 5.69 Å². The zero-order chi connectivity index (χ0) is 18.7. The highest BCUT2D eigenvalue weighted by Crippen LogP contribution is 2.15. The van der Waals surface area contributed by atoms with Crippen LogP contribution in [0.15, 0.2) is 47.7 Å². The van der Waals surface area contributed by atoms with E-state index >= 15 is 0 Å². The molecule has 0 radical (unpaired) electrons. The van der Waals surface area contributed by atoms with Crippen LogP contribution in [0.4, 0.5) is 4.39 Å². The van der Waals surface area contributed by atoms with Gasteiger partial charge in [-0.15, -0.1) is 0 Å². The number of carbonyl (C=O) groups excluding carboxylic acids is 1. The Morgan fingerprint density at radius 1 is 1.31 bits per heavy atom. The van der Waals surface area contributed by atoms with Crippen LogP contribution in [0.2, 0.25) is 5.02 Å². The fraction of sp³-hybridized carbons (Fsp3) is 0.176. The minimum absolute atomic E-state index is 0.0164. The highest BCUT2D eigenvalue weighted by molar-refractivity contribution is 6.30. The van der Waals surface area contributed by atoms with Crippen LogP contribution in [0.3, 0.4) is 0 Å². The SMILES string of the molecule is Cc1ccc(-n2cnn(CC(=O)NCc3ccc(Cl)c(F)c3)c2=O)cn1. The summed E-state index contributed by atoms with van der Waals surface area (Å²) in [7, 11) is 0. The molecule has 0 saturated heterocycles. The van der Waals surface area contributed by atoms with Gasteiger partial charge in [0.1, 0.15) is 18.7 Å². The Kier molecular flexibility index (Phi) is 5.13. The molecule has 0 aliphatic carbocycles. The van der Waals surface area contributed by atoms with Gasteiger partial charge in [0.15, 0.2) is 0 Å². The Bertz CT molecular complexity index is 997. The van der Waals surface area contributed by atoms with Crippen molar-refractivity contribution in [2.45, 2.75) is 20.0 Å². The van der Waals surface area contributed by atoms with E-state index in [-0.39, 0.29) is 18.1 Å². The maximum atomic E-state index is 13.4. The second kappa shape index (κ2) is 7.49. The van der Waals surface area contributed by atoms with Crippen molar-refractivity contribution in [3.8, 4) is 5.69 Å². The Hall–Kier alpha value is -3.00. The number of aromatic nitrogens is 4. The molecule has 7 nitrogen and oxygen atoms in total. The number of pyridine rings is 1. The van der Waals surface area contributed by atoms with E-state index < -0.39 is 17.4 Å². The summed E-state index contributed by atoms with van der Waals surface area (Å²) in [5, 5.41) is 6.56. The lowest BCUT2D eigenvalue weighted by molar-refractivity contribution is -0.122. The monoisotopic (exact) mass is 375 g/mol. The van der Waals surface area contributed by atoms with Crippen molar-refractivity contribution in [2.24, 2.45) is 0 Å². The summed E-state index contributed by atoms with van der Waals surface area (Å²) >= 11 is 5.61. The zero-order valence-corrected chi connectivity index (χ0v) is 14.6. The number of hydrogen-bond acceptors (Lipinski definition) is 4. The minimum atomic E-state index is -0.555. The fourth-order valence-corrected chi connectivity index (χ4v) is 2.38. The average molecular weight is 376 g/mol. The van der Waals surface area contributed by atoms with Gasteiger partial charge in [0, 0.05) is 12.2 Å². The smallest absolute Gasteiger partial charge is 0.350 e. The van der Waals surface area contributed by atoms with Crippen LogP contribution < -0.4 is 11.0 Å². The van der Waals surface area contributed by atoms with Crippen molar-refractivity contribution in [3.63, 3.8) is 0 Å². The van der Waals surface area contributed by atoms with Gasteiger partial charge in [0.2, 0.25) is 5.91 Å². The number of benzene rings is 1. The number of carbonyl (C=O) groups is 1. The summed E-state index contributed by atoms with van der Waals surface area (Å²) in [6, 6.07) is 7.78. The molecule has 26 heavy (non-hydrogen) atoms. The average Bonchev–Trinajstić information content (AvgIpc) is 2.97. The van der Waals surface area contributed by atoms with Crippen LogP contribution >= 0.6 is 11.6 Å². The topological polar surface area (TPSA) is 81.8 Å². The highest BCUT2D eigenvalue weighted by atomic mass is 35.5. The van der Waals surface area contributed by atoms with Crippen LogP contribution in [0.5, 0.6) is 0 Å². The molecule has 3 rings (SSSR count). The summed E-state index contributed by atoms with van der Waals surface area (Å²) < 4.78 is 15.7. The first-order valence-corrected chi connectivity index (χ1v) is 8.10. The van der Waals surface area contributed by atoms with Gasteiger partial charge in [0.05, 0.1) is 16.9 Å². The van der Waals surface area contributed by atoms with Crippen LogP contribution in [0.1, 0.15) is 11.3 Å². The van der Waals surface area contributed by atoms with Crippen molar-refractivity contribution < 1.29 is 9.18 Å². The summed E-state index contributed by atoms with van der Waals surface area (Å²) in [5.74, 6) is -0.977. The lowest BCUT2D eigenvalue weighted by atomic mass is 10.2. The molecule has 0 aliphatic heterocycles. The first-order valence-electron chi connectivity index (χ1n) is 7.72. The first-order chi connectivity index (χ1) is 12.4. The Morgan fingerprint density at radius 2 is 2.12 bits per heavy atom. The van der Waals surface area contributed by atoms with E-state index in [2.05, 4.69) is 15.4 Å². The number of aryl methyl sites for hydroxylation is 1. The van der Waals surface area contributed by atoms with E-state index in [4.69, 9.17) is 11.6 Å². The molecule has 9 heteroatoms. The molecule has 0 spiro atoms. The van der Waals surface area contributed by atoms with Crippen LogP contribution in [0.25, 0.3) is 5.69 Å². The normalized spacial score (nSPS) is 10.7. The van der Waals surface area contributed by atoms with E-state index in [0.29, 0.717) is 11.3 Å². The number of nitrogens with zero attached hydrogens (tertiary/aromatic N) is 4. The molecule has 0 atom stereocenters. The van der Waals surface area contributed by atoms with Crippen molar-refractivity contribution >= 4 is 17.5 Å². The summed E-state index contributed by atoms with van der Waals surface area (Å²) in [6.45, 7) is 1.71. The van der Waals surface area contributed by atoms with E-state index in [1.165, 1.54) is 23.0 Å². The summed E-state index contributed by atoms with van der Waals surface area (Å²) in [6.07, 6.45) is 2.88. The molecule has 3 aromatic rings. The molecular formula is C17H15ClFN5O2. The maximum Gasteiger partial charge on any atom is 0.350 e. The lowest BCUT2D eigenvalue weighted by Crippen LogP contribution is -2.33. The second-order valence-electron chi connectivity index (χ2n) is 5.62. The third-order valence-electron chi connectivity index (χ3n) is 3.67. The van der Waals surface area contributed by atoms with Crippen molar-refractivity contribution in [1.82, 2.24) is 24.6 Å². The molecule has 0 bridgehead atoms. The second-order valence-corrected chi connectivity index (χ2v) is 6.03. The molecular weight excluding hydrogens is 361 g/mol. The molecule has 0 aliphatic rings. The summed E-state index contributed by atoms with van der Waals surface area (Å²) in [4.78, 5) is 28.5. The lowest BCUT2D eigenvalue weighted by Gasteiger charge is -2.06. The van der Waals surface area contributed by atoms with Gasteiger partial charge in [-0.3, -0.25) is 9.78 Å². The van der Waals surface area contributed by atoms with Crippen molar-refractivity contribution in [1.29, 1.82) is 0 Å². The number of nitrogens with one attached hydrogen (secondary N) is 1. The predicted molar refractivity (Wildman–Crippen MR) is 93.6 cm³/mol. The van der Waals surface area contributed by atoms with Gasteiger partial charge in [0.25, 0.3) is 0 Å². The number of halogens is 2. The maximum absolute atomic E-state index is 13.4. The van der Waals surface area contributed by atoms with Gasteiger partial charge in [-0.05, 0) is 36.8 Å². The number of rotatable bonds is 5. The standard InChI is InChI=1S/C17H15ClFN5O2/c1-11-2-4-13(8-20-11)23-10-22-24(17(23)26)9-16(25)21-7-12-3-5-14(18)15(19)6-12/h2-6,8,10H,7,9H2,1H3,(H,21,25). The van der Waals surface area contributed by atoms with E-state index in [0.717, 1.165) is 10.4 Å². The zero-order valence-electron chi connectivity index (χ0n) is 13.8. The Balaban J connectivity index is 1.65. The minimum Gasteiger partial charge on any atom is -0.350 e.